The predicted octanol–water partition coefficient (Wildman–Crippen LogP) is 4.71. The second-order valence-corrected chi connectivity index (χ2v) is 7.08. The number of oxime groups is 1. The van der Waals surface area contributed by atoms with Crippen LogP contribution in [-0.4, -0.2) is 44.0 Å². The van der Waals surface area contributed by atoms with Gasteiger partial charge in [-0.15, -0.1) is 0 Å². The van der Waals surface area contributed by atoms with Crippen molar-refractivity contribution in [2.24, 2.45) is 5.16 Å². The number of fused-ring (bicyclic) bond motifs is 1. The smallest absolute Gasteiger partial charge is 0.129 e. The van der Waals surface area contributed by atoms with Crippen LogP contribution in [0.25, 0.3) is 10.8 Å². The number of benzene rings is 3. The average molecular weight is 374 g/mol. The Labute approximate surface area is 166 Å². The first-order chi connectivity index (χ1) is 13.8. The van der Waals surface area contributed by atoms with Crippen molar-refractivity contribution in [3.05, 3.63) is 77.9 Å². The van der Waals surface area contributed by atoms with Gasteiger partial charge < -0.3 is 9.57 Å². The summed E-state index contributed by atoms with van der Waals surface area (Å²) in [5.41, 5.74) is 2.93. The molecule has 1 aliphatic rings. The van der Waals surface area contributed by atoms with Gasteiger partial charge in [-0.1, -0.05) is 47.6 Å². The summed E-state index contributed by atoms with van der Waals surface area (Å²) in [7, 11) is 1.68. The fraction of sp³-hybridized carbons (Fsp3) is 0.292. The van der Waals surface area contributed by atoms with E-state index < -0.39 is 0 Å². The maximum atomic E-state index is 5.79. The molecule has 0 bridgehead atoms. The first-order valence-corrected chi connectivity index (χ1v) is 9.90. The van der Waals surface area contributed by atoms with Gasteiger partial charge in [0.25, 0.3) is 0 Å². The van der Waals surface area contributed by atoms with E-state index in [0.717, 1.165) is 29.1 Å². The Bertz CT molecular complexity index is 939. The van der Waals surface area contributed by atoms with E-state index in [4.69, 9.17) is 9.57 Å². The molecule has 0 atom stereocenters. The molecule has 3 aromatic rings. The van der Waals surface area contributed by atoms with Gasteiger partial charge in [0.2, 0.25) is 0 Å². The summed E-state index contributed by atoms with van der Waals surface area (Å²) in [4.78, 5) is 8.22. The van der Waals surface area contributed by atoms with Crippen LogP contribution < -0.4 is 4.74 Å². The largest absolute Gasteiger partial charge is 0.497 e. The van der Waals surface area contributed by atoms with E-state index in [-0.39, 0.29) is 0 Å². The Morgan fingerprint density at radius 3 is 2.46 bits per heavy atom. The quantitative estimate of drug-likeness (QED) is 0.341. The molecular formula is C24H26N2O2. The minimum atomic E-state index is 0.602. The van der Waals surface area contributed by atoms with Crippen LogP contribution >= 0.6 is 0 Å². The van der Waals surface area contributed by atoms with E-state index in [1.54, 1.807) is 7.11 Å². The van der Waals surface area contributed by atoms with Crippen LogP contribution in [0.3, 0.4) is 0 Å². The van der Waals surface area contributed by atoms with Gasteiger partial charge in [0.05, 0.1) is 7.11 Å². The molecule has 1 heterocycles. The molecule has 4 heteroatoms. The number of ether oxygens (including phenoxy) is 1. The van der Waals surface area contributed by atoms with Crippen molar-refractivity contribution in [2.45, 2.75) is 12.8 Å². The summed E-state index contributed by atoms with van der Waals surface area (Å²) in [6.45, 7) is 3.86. The highest BCUT2D eigenvalue weighted by molar-refractivity contribution is 6.19. The highest BCUT2D eigenvalue weighted by Gasteiger charge is 2.13. The third-order valence-electron chi connectivity index (χ3n) is 5.26. The Kier molecular flexibility index (Phi) is 5.88. The van der Waals surface area contributed by atoms with Crippen molar-refractivity contribution in [1.29, 1.82) is 0 Å². The van der Waals surface area contributed by atoms with E-state index >= 15 is 0 Å². The standard InChI is InChI=1S/C24H26N2O2/c1-27-21-13-11-20(12-14-21)24(25-28-18-17-26-15-4-5-16-26)23-10-6-8-19-7-2-3-9-22(19)23/h2-3,6-14H,4-5,15-18H2,1H3/b25-24-. The third-order valence-corrected chi connectivity index (χ3v) is 5.26. The van der Waals surface area contributed by atoms with Crippen LogP contribution in [0.15, 0.2) is 71.9 Å². The molecule has 1 aliphatic heterocycles. The first kappa shape index (κ1) is 18.5. The lowest BCUT2D eigenvalue weighted by Gasteiger charge is -2.14. The summed E-state index contributed by atoms with van der Waals surface area (Å²) in [6, 6.07) is 22.7. The van der Waals surface area contributed by atoms with Gasteiger partial charge in [0, 0.05) is 17.7 Å². The van der Waals surface area contributed by atoms with E-state index in [1.807, 2.05) is 24.3 Å². The van der Waals surface area contributed by atoms with Crippen LogP contribution in [0.5, 0.6) is 5.75 Å². The average Bonchev–Trinajstić information content (AvgIpc) is 3.27. The summed E-state index contributed by atoms with van der Waals surface area (Å²) in [5.74, 6) is 0.830. The summed E-state index contributed by atoms with van der Waals surface area (Å²) in [5, 5.41) is 6.94. The monoisotopic (exact) mass is 374 g/mol. The topological polar surface area (TPSA) is 34.1 Å². The van der Waals surface area contributed by atoms with E-state index in [9.17, 15) is 0 Å². The number of likely N-dealkylation sites (tertiary alicyclic amines) is 1. The fourth-order valence-electron chi connectivity index (χ4n) is 3.72. The highest BCUT2D eigenvalue weighted by atomic mass is 16.6. The Balaban J connectivity index is 1.64. The molecule has 28 heavy (non-hydrogen) atoms. The number of rotatable bonds is 7. The van der Waals surface area contributed by atoms with E-state index in [2.05, 4.69) is 52.5 Å². The Morgan fingerprint density at radius 2 is 1.68 bits per heavy atom. The van der Waals surface area contributed by atoms with Gasteiger partial charge in [-0.25, -0.2) is 0 Å². The molecule has 144 valence electrons. The lowest BCUT2D eigenvalue weighted by atomic mass is 9.96. The lowest BCUT2D eigenvalue weighted by molar-refractivity contribution is 0.119. The normalized spacial score (nSPS) is 15.1. The molecule has 0 aromatic heterocycles. The Morgan fingerprint density at radius 1 is 0.929 bits per heavy atom. The van der Waals surface area contributed by atoms with Crippen LogP contribution in [-0.2, 0) is 4.84 Å². The lowest BCUT2D eigenvalue weighted by Crippen LogP contribution is -2.23. The van der Waals surface area contributed by atoms with Crippen LogP contribution in [0.4, 0.5) is 0 Å². The highest BCUT2D eigenvalue weighted by Crippen LogP contribution is 2.23. The van der Waals surface area contributed by atoms with Gasteiger partial charge in [-0.3, -0.25) is 4.90 Å². The molecule has 3 aromatic carbocycles. The van der Waals surface area contributed by atoms with Crippen molar-refractivity contribution >= 4 is 16.5 Å². The summed E-state index contributed by atoms with van der Waals surface area (Å²) < 4.78 is 5.30. The van der Waals surface area contributed by atoms with Crippen molar-refractivity contribution < 1.29 is 9.57 Å². The van der Waals surface area contributed by atoms with Crippen molar-refractivity contribution in [2.75, 3.05) is 33.4 Å². The van der Waals surface area contributed by atoms with Crippen molar-refractivity contribution in [3.63, 3.8) is 0 Å². The third kappa shape index (κ3) is 4.18. The van der Waals surface area contributed by atoms with Crippen LogP contribution in [0.1, 0.15) is 24.0 Å². The minimum Gasteiger partial charge on any atom is -0.497 e. The van der Waals surface area contributed by atoms with Crippen LogP contribution in [0.2, 0.25) is 0 Å². The maximum Gasteiger partial charge on any atom is 0.129 e. The number of hydrogen-bond acceptors (Lipinski definition) is 4. The van der Waals surface area contributed by atoms with Gasteiger partial charge in [-0.2, -0.15) is 0 Å². The van der Waals surface area contributed by atoms with Crippen molar-refractivity contribution in [1.82, 2.24) is 4.90 Å². The number of methoxy groups -OCH3 is 1. The van der Waals surface area contributed by atoms with Gasteiger partial charge in [0.15, 0.2) is 0 Å². The SMILES string of the molecule is COc1ccc(/C(=N/OCCN2CCCC2)c2cccc3ccccc23)cc1. The first-order valence-electron chi connectivity index (χ1n) is 9.90. The molecule has 0 spiro atoms. The number of hydrogen-bond donors (Lipinski definition) is 0. The van der Waals surface area contributed by atoms with Gasteiger partial charge in [-0.05, 0) is 61.0 Å². The number of nitrogens with zero attached hydrogens (tertiary/aromatic N) is 2. The second-order valence-electron chi connectivity index (χ2n) is 7.08. The van der Waals surface area contributed by atoms with Crippen LogP contribution in [0, 0.1) is 0 Å². The molecule has 0 amide bonds. The summed E-state index contributed by atoms with van der Waals surface area (Å²) in [6.07, 6.45) is 2.58. The van der Waals surface area contributed by atoms with Gasteiger partial charge >= 0.3 is 0 Å². The molecule has 0 N–H and O–H groups in total. The molecule has 0 unspecified atom stereocenters. The zero-order chi connectivity index (χ0) is 19.2. The molecule has 0 saturated carbocycles. The van der Waals surface area contributed by atoms with E-state index in [1.165, 1.54) is 36.7 Å². The van der Waals surface area contributed by atoms with Gasteiger partial charge in [0.1, 0.15) is 18.1 Å². The predicted molar refractivity (Wildman–Crippen MR) is 114 cm³/mol. The molecule has 1 saturated heterocycles. The minimum absolute atomic E-state index is 0.602. The summed E-state index contributed by atoms with van der Waals surface area (Å²) >= 11 is 0. The molecule has 1 fully saturated rings. The molecule has 0 radical (unpaired) electrons. The second kappa shape index (κ2) is 8.89. The molecule has 0 aliphatic carbocycles. The zero-order valence-corrected chi connectivity index (χ0v) is 16.3. The van der Waals surface area contributed by atoms with E-state index in [0.29, 0.717) is 6.61 Å². The molecule has 4 nitrogen and oxygen atoms in total. The zero-order valence-electron chi connectivity index (χ0n) is 16.3. The fourth-order valence-corrected chi connectivity index (χ4v) is 3.72. The van der Waals surface area contributed by atoms with Crippen molar-refractivity contribution in [3.8, 4) is 5.75 Å². The molecule has 4 rings (SSSR count). The maximum absolute atomic E-state index is 5.79. The Hall–Kier alpha value is -2.85. The molecular weight excluding hydrogens is 348 g/mol.